The monoisotopic (exact) mass is 327 g/mol. The highest BCUT2D eigenvalue weighted by atomic mass is 79.9. The van der Waals surface area contributed by atoms with E-state index >= 15 is 0 Å². The maximum atomic E-state index is 6.07. The fraction of sp³-hybridized carbons (Fsp3) is 0.167. The van der Waals surface area contributed by atoms with Crippen molar-refractivity contribution in [1.29, 1.82) is 0 Å². The fourth-order valence-corrected chi connectivity index (χ4v) is 2.06. The van der Waals surface area contributed by atoms with Crippen LogP contribution in [0.3, 0.4) is 0 Å². The van der Waals surface area contributed by atoms with Crippen LogP contribution in [0.1, 0.15) is 6.92 Å². The van der Waals surface area contributed by atoms with Crippen molar-refractivity contribution in [2.45, 2.75) is 6.92 Å². The van der Waals surface area contributed by atoms with E-state index in [2.05, 4.69) is 31.2 Å². The highest BCUT2D eigenvalue weighted by Crippen LogP contribution is 2.31. The van der Waals surface area contributed by atoms with E-state index in [1.165, 1.54) is 6.33 Å². The van der Waals surface area contributed by atoms with Gasteiger partial charge in [-0.2, -0.15) is 0 Å². The lowest BCUT2D eigenvalue weighted by atomic mass is 10.3. The second-order valence-corrected chi connectivity index (χ2v) is 4.77. The molecule has 18 heavy (non-hydrogen) atoms. The Morgan fingerprint density at radius 2 is 2.17 bits per heavy atom. The smallest absolute Gasteiger partial charge is 0.224 e. The molecule has 0 aliphatic heterocycles. The van der Waals surface area contributed by atoms with Crippen LogP contribution in [0.4, 0.5) is 5.82 Å². The molecule has 0 radical (unpaired) electrons. The van der Waals surface area contributed by atoms with Gasteiger partial charge in [-0.1, -0.05) is 27.5 Å². The summed E-state index contributed by atoms with van der Waals surface area (Å²) in [6, 6.07) is 7.13. The van der Waals surface area contributed by atoms with Gasteiger partial charge in [-0.15, -0.1) is 0 Å². The Bertz CT molecular complexity index is 551. The van der Waals surface area contributed by atoms with Crippen LogP contribution in [-0.2, 0) is 0 Å². The van der Waals surface area contributed by atoms with E-state index in [9.17, 15) is 0 Å². The summed E-state index contributed by atoms with van der Waals surface area (Å²) in [4.78, 5) is 8.10. The predicted octanol–water partition coefficient (Wildman–Crippen LogP) is 4.12. The first-order chi connectivity index (χ1) is 8.69. The maximum absolute atomic E-state index is 6.07. The molecule has 6 heteroatoms. The highest BCUT2D eigenvalue weighted by Gasteiger charge is 2.05. The Hall–Kier alpha value is -1.33. The molecule has 0 amide bonds. The largest absolute Gasteiger partial charge is 0.437 e. The SMILES string of the molecule is CCNc1cc(Oc2ccc(Br)cc2Cl)ncn1. The number of nitrogens with zero attached hydrogens (tertiary/aromatic N) is 2. The number of hydrogen-bond donors (Lipinski definition) is 1. The highest BCUT2D eigenvalue weighted by molar-refractivity contribution is 9.10. The third-order valence-corrected chi connectivity index (χ3v) is 2.90. The third-order valence-electron chi connectivity index (χ3n) is 2.11. The average Bonchev–Trinajstić information content (AvgIpc) is 2.34. The number of rotatable bonds is 4. The van der Waals surface area contributed by atoms with Crippen molar-refractivity contribution in [1.82, 2.24) is 9.97 Å². The van der Waals surface area contributed by atoms with Crippen LogP contribution in [0.25, 0.3) is 0 Å². The lowest BCUT2D eigenvalue weighted by Crippen LogP contribution is -2.00. The Morgan fingerprint density at radius 1 is 1.33 bits per heavy atom. The summed E-state index contributed by atoms with van der Waals surface area (Å²) in [6.07, 6.45) is 1.44. The third kappa shape index (κ3) is 3.34. The minimum atomic E-state index is 0.449. The van der Waals surface area contributed by atoms with Gasteiger partial charge in [0.2, 0.25) is 5.88 Å². The van der Waals surface area contributed by atoms with Gasteiger partial charge in [0.1, 0.15) is 17.9 Å². The van der Waals surface area contributed by atoms with Gasteiger partial charge in [0.25, 0.3) is 0 Å². The molecule has 0 fully saturated rings. The van der Waals surface area contributed by atoms with Crippen LogP contribution in [0.2, 0.25) is 5.02 Å². The van der Waals surface area contributed by atoms with E-state index < -0.39 is 0 Å². The first-order valence-electron chi connectivity index (χ1n) is 5.38. The molecule has 0 saturated heterocycles. The molecule has 2 rings (SSSR count). The number of aromatic nitrogens is 2. The number of hydrogen-bond acceptors (Lipinski definition) is 4. The zero-order valence-electron chi connectivity index (χ0n) is 9.65. The second kappa shape index (κ2) is 6.02. The van der Waals surface area contributed by atoms with Crippen molar-refractivity contribution in [2.75, 3.05) is 11.9 Å². The number of anilines is 1. The molecule has 0 aliphatic carbocycles. The summed E-state index contributed by atoms with van der Waals surface area (Å²) in [5.41, 5.74) is 0. The molecule has 4 nitrogen and oxygen atoms in total. The molecule has 1 heterocycles. The Morgan fingerprint density at radius 3 is 2.89 bits per heavy atom. The van der Waals surface area contributed by atoms with Crippen LogP contribution in [0.15, 0.2) is 35.1 Å². The van der Waals surface area contributed by atoms with Gasteiger partial charge in [0.15, 0.2) is 0 Å². The van der Waals surface area contributed by atoms with Crippen molar-refractivity contribution in [3.63, 3.8) is 0 Å². The lowest BCUT2D eigenvalue weighted by Gasteiger charge is -2.08. The maximum Gasteiger partial charge on any atom is 0.224 e. The van der Waals surface area contributed by atoms with Crippen molar-refractivity contribution in [3.05, 3.63) is 40.1 Å². The molecule has 0 atom stereocenters. The summed E-state index contributed by atoms with van der Waals surface area (Å²) in [5.74, 6) is 1.72. The normalized spacial score (nSPS) is 10.2. The van der Waals surface area contributed by atoms with E-state index in [1.54, 1.807) is 18.2 Å². The predicted molar refractivity (Wildman–Crippen MR) is 75.4 cm³/mol. The molecule has 0 spiro atoms. The summed E-state index contributed by atoms with van der Waals surface area (Å²) in [6.45, 7) is 2.78. The van der Waals surface area contributed by atoms with Gasteiger partial charge in [-0.3, -0.25) is 0 Å². The number of benzene rings is 1. The van der Waals surface area contributed by atoms with E-state index in [4.69, 9.17) is 16.3 Å². The van der Waals surface area contributed by atoms with Crippen LogP contribution in [0, 0.1) is 0 Å². The first kappa shape index (κ1) is 13.1. The fourth-order valence-electron chi connectivity index (χ4n) is 1.34. The second-order valence-electron chi connectivity index (χ2n) is 3.45. The zero-order chi connectivity index (χ0) is 13.0. The Labute approximate surface area is 118 Å². The molecule has 0 unspecified atom stereocenters. The Kier molecular flexibility index (Phi) is 4.38. The summed E-state index contributed by atoms with van der Waals surface area (Å²) >= 11 is 9.40. The molecule has 94 valence electrons. The van der Waals surface area contributed by atoms with Crippen molar-refractivity contribution < 1.29 is 4.74 Å². The van der Waals surface area contributed by atoms with E-state index in [0.29, 0.717) is 16.7 Å². The molecule has 1 N–H and O–H groups in total. The average molecular weight is 329 g/mol. The van der Waals surface area contributed by atoms with E-state index in [-0.39, 0.29) is 0 Å². The van der Waals surface area contributed by atoms with Crippen LogP contribution < -0.4 is 10.1 Å². The minimum absolute atomic E-state index is 0.449. The number of ether oxygens (including phenoxy) is 1. The van der Waals surface area contributed by atoms with E-state index in [0.717, 1.165) is 16.8 Å². The summed E-state index contributed by atoms with van der Waals surface area (Å²) in [5, 5.41) is 3.61. The number of halogens is 2. The molecular formula is C12H11BrClN3O. The van der Waals surface area contributed by atoms with Gasteiger partial charge in [0, 0.05) is 17.1 Å². The van der Waals surface area contributed by atoms with Gasteiger partial charge in [-0.05, 0) is 25.1 Å². The molecule has 0 saturated carbocycles. The standard InChI is InChI=1S/C12H11BrClN3O/c1-2-15-11-6-12(17-7-16-11)18-10-4-3-8(13)5-9(10)14/h3-7H,2H2,1H3,(H,15,16,17). The zero-order valence-corrected chi connectivity index (χ0v) is 12.0. The minimum Gasteiger partial charge on any atom is -0.437 e. The van der Waals surface area contributed by atoms with Gasteiger partial charge < -0.3 is 10.1 Å². The number of nitrogens with one attached hydrogen (secondary N) is 1. The topological polar surface area (TPSA) is 47.0 Å². The molecule has 1 aromatic heterocycles. The molecule has 0 aliphatic rings. The van der Waals surface area contributed by atoms with Crippen LogP contribution in [0.5, 0.6) is 11.6 Å². The molecule has 1 aromatic carbocycles. The van der Waals surface area contributed by atoms with E-state index in [1.807, 2.05) is 13.0 Å². The van der Waals surface area contributed by atoms with Gasteiger partial charge >= 0.3 is 0 Å². The lowest BCUT2D eigenvalue weighted by molar-refractivity contribution is 0.462. The molecular weight excluding hydrogens is 318 g/mol. The van der Waals surface area contributed by atoms with Crippen molar-refractivity contribution in [2.24, 2.45) is 0 Å². The van der Waals surface area contributed by atoms with Gasteiger partial charge in [0.05, 0.1) is 5.02 Å². The van der Waals surface area contributed by atoms with Gasteiger partial charge in [-0.25, -0.2) is 9.97 Å². The van der Waals surface area contributed by atoms with Crippen LogP contribution in [-0.4, -0.2) is 16.5 Å². The molecule has 0 bridgehead atoms. The Balaban J connectivity index is 2.20. The van der Waals surface area contributed by atoms with Crippen molar-refractivity contribution in [3.8, 4) is 11.6 Å². The summed E-state index contributed by atoms with van der Waals surface area (Å²) < 4.78 is 6.51. The van der Waals surface area contributed by atoms with Crippen LogP contribution >= 0.6 is 27.5 Å². The molecule has 2 aromatic rings. The first-order valence-corrected chi connectivity index (χ1v) is 6.55. The van der Waals surface area contributed by atoms with Crippen molar-refractivity contribution >= 4 is 33.3 Å². The summed E-state index contributed by atoms with van der Waals surface area (Å²) in [7, 11) is 0. The quantitative estimate of drug-likeness (QED) is 0.917.